The largest absolute Gasteiger partial charge is 0.444 e. The molecule has 1 aliphatic carbocycles. The van der Waals surface area contributed by atoms with Crippen molar-refractivity contribution in [1.29, 1.82) is 0 Å². The molecule has 3 unspecified atom stereocenters. The molecule has 2 bridgehead atoms. The van der Waals surface area contributed by atoms with E-state index in [2.05, 4.69) is 15.1 Å². The fourth-order valence-electron chi connectivity index (χ4n) is 7.53. The van der Waals surface area contributed by atoms with E-state index in [4.69, 9.17) is 15.2 Å². The van der Waals surface area contributed by atoms with Crippen LogP contribution in [0, 0.1) is 17.7 Å². The van der Waals surface area contributed by atoms with E-state index in [9.17, 15) is 14.4 Å². The van der Waals surface area contributed by atoms with Gasteiger partial charge in [0, 0.05) is 43.8 Å². The van der Waals surface area contributed by atoms with Crippen LogP contribution >= 0.6 is 0 Å². The molecule has 1 aromatic carbocycles. The molecule has 4 saturated heterocycles. The highest BCUT2D eigenvalue weighted by Gasteiger charge is 2.53. The number of nitrogens with one attached hydrogen (secondary N) is 1. The van der Waals surface area contributed by atoms with Crippen molar-refractivity contribution >= 4 is 23.6 Å². The maximum absolute atomic E-state index is 15.4. The Morgan fingerprint density at radius 1 is 1.09 bits per heavy atom. The number of ether oxygens (including phenoxy) is 2. The quantitative estimate of drug-likeness (QED) is 0.493. The van der Waals surface area contributed by atoms with Crippen LogP contribution in [-0.4, -0.2) is 96.4 Å². The van der Waals surface area contributed by atoms with Gasteiger partial charge < -0.3 is 25.4 Å². The number of benzene rings is 1. The number of rotatable bonds is 7. The summed E-state index contributed by atoms with van der Waals surface area (Å²) < 4.78 is 26.4. The first-order valence-electron chi connectivity index (χ1n) is 16.0. The molecule has 0 spiro atoms. The number of piperidine rings is 1. The molecule has 3 N–H and O–H groups in total. The van der Waals surface area contributed by atoms with E-state index in [1.165, 1.54) is 11.0 Å². The predicted octanol–water partition coefficient (Wildman–Crippen LogP) is 3.06. The lowest BCUT2D eigenvalue weighted by atomic mass is 9.97. The molecule has 4 aliphatic heterocycles. The van der Waals surface area contributed by atoms with Crippen LogP contribution in [0.2, 0.25) is 0 Å². The Labute approximate surface area is 254 Å². The highest BCUT2D eigenvalue weighted by molar-refractivity contribution is 5.91. The van der Waals surface area contributed by atoms with Gasteiger partial charge in [0.2, 0.25) is 11.8 Å². The molecule has 1 aromatic rings. The summed E-state index contributed by atoms with van der Waals surface area (Å²) in [7, 11) is 0. The van der Waals surface area contributed by atoms with Gasteiger partial charge in [0.05, 0.1) is 19.3 Å². The Balaban J connectivity index is 0.00000180. The molecule has 5 fully saturated rings. The molecule has 10 nitrogen and oxygen atoms in total. The first-order chi connectivity index (χ1) is 20.5. The maximum atomic E-state index is 15.4. The van der Waals surface area contributed by atoms with Gasteiger partial charge in [-0.3, -0.25) is 19.4 Å². The summed E-state index contributed by atoms with van der Waals surface area (Å²) in [6, 6.07) is 4.07. The third-order valence-electron chi connectivity index (χ3n) is 9.62. The molecule has 238 valence electrons. The van der Waals surface area contributed by atoms with Gasteiger partial charge in [-0.2, -0.15) is 0 Å². The number of halogens is 1. The standard InChI is InChI=1S/C30H42FN5O5.C2H6/c1-30(2,3)41-29(39)36-21-7-5-18(10-21)26(36)28(38)33-24(27(32)37)11-17-4-6-20(12-23(17)31)35-9-8-19-13-34(14-25(19)35)22-15-40-16-22;1-2/h4,6,12,18-19,21-22,24-26H,5,7-11,13-16H2,1-3H3,(H2,32,37)(H,33,38);1-2H3/t18?,19?,21-,24+,25?,26+;/m1./s1. The van der Waals surface area contributed by atoms with Crippen molar-refractivity contribution in [3.63, 3.8) is 0 Å². The van der Waals surface area contributed by atoms with Gasteiger partial charge >= 0.3 is 6.09 Å². The minimum absolute atomic E-state index is 0.00955. The fraction of sp³-hybridized carbons (Fsp3) is 0.719. The zero-order valence-corrected chi connectivity index (χ0v) is 26.2. The summed E-state index contributed by atoms with van der Waals surface area (Å²) in [4.78, 5) is 45.1. The van der Waals surface area contributed by atoms with Gasteiger partial charge in [0.25, 0.3) is 0 Å². The highest BCUT2D eigenvalue weighted by Crippen LogP contribution is 2.43. The fourth-order valence-corrected chi connectivity index (χ4v) is 7.53. The zero-order chi connectivity index (χ0) is 31.1. The molecule has 0 radical (unpaired) electrons. The van der Waals surface area contributed by atoms with Crippen LogP contribution in [0.15, 0.2) is 18.2 Å². The van der Waals surface area contributed by atoms with Crippen LogP contribution in [0.1, 0.15) is 65.9 Å². The van der Waals surface area contributed by atoms with E-state index < -0.39 is 41.4 Å². The van der Waals surface area contributed by atoms with E-state index in [1.807, 2.05) is 19.9 Å². The van der Waals surface area contributed by atoms with Gasteiger partial charge in [0.1, 0.15) is 23.5 Å². The van der Waals surface area contributed by atoms with E-state index in [-0.39, 0.29) is 18.4 Å². The lowest BCUT2D eigenvalue weighted by Crippen LogP contribution is -2.57. The number of hydrogen-bond donors (Lipinski definition) is 2. The van der Waals surface area contributed by atoms with E-state index >= 15 is 4.39 Å². The average molecular weight is 602 g/mol. The molecule has 3 amide bonds. The van der Waals surface area contributed by atoms with Crippen molar-refractivity contribution in [1.82, 2.24) is 15.1 Å². The molecule has 43 heavy (non-hydrogen) atoms. The summed E-state index contributed by atoms with van der Waals surface area (Å²) in [5.74, 6) is -1.07. The number of carbonyl (C=O) groups is 3. The summed E-state index contributed by atoms with van der Waals surface area (Å²) in [6.45, 7) is 13.8. The lowest BCUT2D eigenvalue weighted by molar-refractivity contribution is -0.132. The average Bonchev–Trinajstić information content (AvgIpc) is 3.69. The second-order valence-electron chi connectivity index (χ2n) is 13.5. The van der Waals surface area contributed by atoms with Gasteiger partial charge in [-0.05, 0) is 76.0 Å². The summed E-state index contributed by atoms with van der Waals surface area (Å²) in [5, 5.41) is 2.74. The Kier molecular flexibility index (Phi) is 9.23. The van der Waals surface area contributed by atoms with Crippen LogP contribution in [0.4, 0.5) is 14.9 Å². The number of hydrogen-bond acceptors (Lipinski definition) is 7. The number of likely N-dealkylation sites (tertiary alicyclic amines) is 2. The Morgan fingerprint density at radius 3 is 2.47 bits per heavy atom. The Hall–Kier alpha value is -2.92. The van der Waals surface area contributed by atoms with Gasteiger partial charge in [-0.15, -0.1) is 0 Å². The molecule has 4 heterocycles. The van der Waals surface area contributed by atoms with Crippen LogP contribution in [0.5, 0.6) is 0 Å². The number of amides is 3. The molecule has 1 saturated carbocycles. The van der Waals surface area contributed by atoms with Gasteiger partial charge in [0.15, 0.2) is 0 Å². The van der Waals surface area contributed by atoms with E-state index in [0.29, 0.717) is 23.6 Å². The van der Waals surface area contributed by atoms with Crippen LogP contribution in [-0.2, 0) is 25.5 Å². The molecule has 6 rings (SSSR count). The third-order valence-corrected chi connectivity index (χ3v) is 9.62. The lowest BCUT2D eigenvalue weighted by Gasteiger charge is -2.36. The molecule has 6 atom stereocenters. The van der Waals surface area contributed by atoms with Gasteiger partial charge in [-0.1, -0.05) is 19.9 Å². The van der Waals surface area contributed by atoms with Crippen molar-refractivity contribution in [3.8, 4) is 0 Å². The molecular formula is C32H48FN5O5. The highest BCUT2D eigenvalue weighted by atomic mass is 19.1. The van der Waals surface area contributed by atoms with Crippen LogP contribution < -0.4 is 16.0 Å². The smallest absolute Gasteiger partial charge is 0.411 e. The number of nitrogens with zero attached hydrogens (tertiary/aromatic N) is 3. The van der Waals surface area contributed by atoms with Crippen molar-refractivity contribution in [2.45, 2.75) is 103 Å². The maximum Gasteiger partial charge on any atom is 0.411 e. The van der Waals surface area contributed by atoms with Crippen LogP contribution in [0.3, 0.4) is 0 Å². The van der Waals surface area contributed by atoms with Crippen LogP contribution in [0.25, 0.3) is 0 Å². The number of primary amides is 1. The first kappa shape index (κ1) is 31.5. The number of carbonyl (C=O) groups excluding carboxylic acids is 3. The normalized spacial score (nSPS) is 29.0. The number of nitrogens with two attached hydrogens (primary N) is 1. The number of anilines is 1. The SMILES string of the molecule is CC.CC(C)(C)OC(=O)N1[C@@H]2CCC(C2)[C@H]1C(=O)N[C@@H](Cc1ccc(N2CCC3CN(C4COC4)CC32)cc1F)C(N)=O. The minimum Gasteiger partial charge on any atom is -0.444 e. The Morgan fingerprint density at radius 2 is 1.84 bits per heavy atom. The molecule has 11 heteroatoms. The number of fused-ring (bicyclic) bond motifs is 3. The Bertz CT molecular complexity index is 1200. The molecular weight excluding hydrogens is 553 g/mol. The second-order valence-corrected chi connectivity index (χ2v) is 13.5. The monoisotopic (exact) mass is 601 g/mol. The van der Waals surface area contributed by atoms with E-state index in [0.717, 1.165) is 64.2 Å². The molecule has 0 aromatic heterocycles. The summed E-state index contributed by atoms with van der Waals surface area (Å²) >= 11 is 0. The summed E-state index contributed by atoms with van der Waals surface area (Å²) in [6.07, 6.45) is 2.84. The van der Waals surface area contributed by atoms with E-state index in [1.54, 1.807) is 26.8 Å². The van der Waals surface area contributed by atoms with Crippen molar-refractivity contribution in [2.24, 2.45) is 17.6 Å². The topological polar surface area (TPSA) is 117 Å². The zero-order valence-electron chi connectivity index (χ0n) is 26.2. The molecule has 5 aliphatic rings. The van der Waals surface area contributed by atoms with Crippen molar-refractivity contribution < 1.29 is 28.2 Å². The van der Waals surface area contributed by atoms with Crippen molar-refractivity contribution in [2.75, 3.05) is 37.7 Å². The predicted molar refractivity (Wildman–Crippen MR) is 161 cm³/mol. The third kappa shape index (κ3) is 6.48. The summed E-state index contributed by atoms with van der Waals surface area (Å²) in [5.41, 5.74) is 6.12. The minimum atomic E-state index is -1.10. The van der Waals surface area contributed by atoms with Gasteiger partial charge in [-0.25, -0.2) is 9.18 Å². The van der Waals surface area contributed by atoms with Crippen molar-refractivity contribution in [3.05, 3.63) is 29.6 Å². The first-order valence-corrected chi connectivity index (χ1v) is 16.0. The second kappa shape index (κ2) is 12.6.